The predicted molar refractivity (Wildman–Crippen MR) is 243 cm³/mol. The Morgan fingerprint density at radius 3 is 0.735 bits per heavy atom. The molecule has 4 aromatic rings. The molecule has 0 saturated carbocycles. The Labute approximate surface area is 397 Å². The van der Waals surface area contributed by atoms with Crippen LogP contribution in [0.1, 0.15) is 173 Å². The van der Waals surface area contributed by atoms with Crippen LogP contribution in [-0.4, -0.2) is 47.6 Å². The van der Waals surface area contributed by atoms with Crippen molar-refractivity contribution in [2.75, 3.05) is 0 Å². The zero-order valence-electron chi connectivity index (χ0n) is 41.3. The summed E-state index contributed by atoms with van der Waals surface area (Å²) in [6, 6.07) is 8.13. The quantitative estimate of drug-likeness (QED) is 0.148. The van der Waals surface area contributed by atoms with Gasteiger partial charge in [-0.15, -0.1) is 0 Å². The smallest absolute Gasteiger partial charge is 0.293 e. The van der Waals surface area contributed by atoms with E-state index in [9.17, 15) is 20.8 Å². The summed E-state index contributed by atoms with van der Waals surface area (Å²) in [4.78, 5) is 0. The topological polar surface area (TPSA) is 182 Å². The predicted octanol–water partition coefficient (Wildman–Crippen LogP) is 7.03. The van der Waals surface area contributed by atoms with Crippen LogP contribution in [0, 0.1) is 48.5 Å². The second-order valence-electron chi connectivity index (χ2n) is 22.1. The van der Waals surface area contributed by atoms with Crippen molar-refractivity contribution in [3.05, 3.63) is 112 Å². The Morgan fingerprint density at radius 1 is 0.353 bits per heavy atom. The molecule has 4 aliphatic carbocycles. The summed E-state index contributed by atoms with van der Waals surface area (Å²) in [5, 5.41) is 55.9. The largest absolute Gasteiger partial charge is 0.618 e. The molecule has 12 rings (SSSR count). The van der Waals surface area contributed by atoms with Crippen LogP contribution in [-0.2, 0) is 63.6 Å². The number of aryl methyl sites for hydroxylation is 8. The summed E-state index contributed by atoms with van der Waals surface area (Å²) in [6.45, 7) is 22.5. The van der Waals surface area contributed by atoms with Gasteiger partial charge in [0.2, 0.25) is 22.8 Å². The molecule has 0 bridgehead atoms. The first-order chi connectivity index (χ1) is 31.9. The van der Waals surface area contributed by atoms with Gasteiger partial charge in [-0.2, -0.15) is 18.9 Å². The van der Waals surface area contributed by atoms with Gasteiger partial charge in [-0.25, -0.2) is 0 Å². The Balaban J connectivity index is 0.000000149. The summed E-state index contributed by atoms with van der Waals surface area (Å²) in [6.07, 6.45) is 3.66. The molecule has 0 N–H and O–H groups in total. The van der Waals surface area contributed by atoms with E-state index in [0.717, 1.165) is 115 Å². The summed E-state index contributed by atoms with van der Waals surface area (Å²) >= 11 is 0. The lowest BCUT2D eigenvalue weighted by atomic mass is 9.88. The van der Waals surface area contributed by atoms with Crippen molar-refractivity contribution >= 4 is 0 Å². The number of pyridine rings is 4. The average Bonchev–Trinajstić information content (AvgIpc) is 3.94. The molecular weight excluding hydrogens is 873 g/mol. The second kappa shape index (κ2) is 15.5. The van der Waals surface area contributed by atoms with Crippen molar-refractivity contribution < 1.29 is 56.8 Å². The third-order valence-electron chi connectivity index (χ3n) is 15.1. The van der Waals surface area contributed by atoms with Gasteiger partial charge >= 0.3 is 0 Å². The van der Waals surface area contributed by atoms with Crippen LogP contribution in [0.15, 0.2) is 24.3 Å². The van der Waals surface area contributed by atoms with Gasteiger partial charge in [-0.05, 0) is 159 Å². The number of rotatable bonds is 2. The van der Waals surface area contributed by atoms with Crippen molar-refractivity contribution in [1.29, 1.82) is 0 Å². The minimum absolute atomic E-state index is 0.172. The van der Waals surface area contributed by atoms with Crippen LogP contribution in [0.25, 0.3) is 22.8 Å². The van der Waals surface area contributed by atoms with Crippen molar-refractivity contribution in [2.24, 2.45) is 0 Å². The molecule has 4 fully saturated rings. The second-order valence-corrected chi connectivity index (χ2v) is 22.1. The molecule has 0 radical (unpaired) electrons. The molecule has 16 nitrogen and oxygen atoms in total. The van der Waals surface area contributed by atoms with Crippen molar-refractivity contribution in [3.8, 4) is 22.8 Å². The summed E-state index contributed by atoms with van der Waals surface area (Å²) in [7, 11) is 0. The molecule has 0 amide bonds. The molecule has 4 aromatic heterocycles. The van der Waals surface area contributed by atoms with Gasteiger partial charge in [-0.1, -0.05) is 0 Å². The fraction of sp³-hybridized carbons (Fsp3) is 0.615. The molecule has 4 saturated heterocycles. The van der Waals surface area contributed by atoms with Gasteiger partial charge in [0.05, 0.1) is 24.4 Å². The van der Waals surface area contributed by atoms with E-state index in [1.165, 1.54) is 0 Å². The number of aromatic nitrogens is 4. The number of ether oxygens (including phenoxy) is 8. The fourth-order valence-corrected chi connectivity index (χ4v) is 12.7. The monoisotopic (exact) mass is 936 g/mol. The van der Waals surface area contributed by atoms with E-state index < -0.39 is 47.6 Å². The van der Waals surface area contributed by atoms with Crippen LogP contribution in [0.4, 0.5) is 0 Å². The van der Waals surface area contributed by atoms with Gasteiger partial charge in [0.15, 0.2) is 47.6 Å². The Hall–Kier alpha value is -4.52. The highest BCUT2D eigenvalue weighted by atomic mass is 16.8. The minimum Gasteiger partial charge on any atom is -0.618 e. The zero-order chi connectivity index (χ0) is 48.3. The molecule has 4 aliphatic heterocycles. The lowest BCUT2D eigenvalue weighted by Crippen LogP contribution is -2.48. The zero-order valence-corrected chi connectivity index (χ0v) is 41.3. The number of nitrogens with zero attached hydrogens (tertiary/aromatic N) is 4. The van der Waals surface area contributed by atoms with Gasteiger partial charge in [0.1, 0.15) is 0 Å². The maximum Gasteiger partial charge on any atom is 0.293 e. The number of hydrogen-bond donors (Lipinski definition) is 0. The van der Waals surface area contributed by atoms with Gasteiger partial charge < -0.3 is 58.7 Å². The molecule has 8 heterocycles. The lowest BCUT2D eigenvalue weighted by Gasteiger charge is -2.27. The molecule has 364 valence electrons. The first-order valence-corrected chi connectivity index (χ1v) is 24.4. The Morgan fingerprint density at radius 2 is 0.544 bits per heavy atom. The number of fused-ring (bicyclic) bond motifs is 12. The van der Waals surface area contributed by atoms with Gasteiger partial charge in [-0.3, -0.25) is 0 Å². The van der Waals surface area contributed by atoms with E-state index in [4.69, 9.17) is 37.9 Å². The highest BCUT2D eigenvalue weighted by Crippen LogP contribution is 2.49. The van der Waals surface area contributed by atoms with Crippen LogP contribution in [0.2, 0.25) is 0 Å². The van der Waals surface area contributed by atoms with Crippen LogP contribution < -0.4 is 18.9 Å². The van der Waals surface area contributed by atoms with Gasteiger partial charge in [0, 0.05) is 44.5 Å². The Kier molecular flexibility index (Phi) is 10.5. The summed E-state index contributed by atoms with van der Waals surface area (Å²) in [5.41, 5.74) is 10.6. The van der Waals surface area contributed by atoms with E-state index in [0.29, 0.717) is 45.6 Å². The van der Waals surface area contributed by atoms with Gasteiger partial charge in [0.25, 0.3) is 22.8 Å². The fourth-order valence-electron chi connectivity index (χ4n) is 12.7. The first-order valence-electron chi connectivity index (χ1n) is 24.4. The standard InChI is InChI=1S/2C26H32N2O6/c2*1-13-11-15-7-9-17-23(33-25(3,4)31-17)21(15)27(29)19(13)20-14(2)12-16-8-10-18-24(22(16)28(20)30)34-26(5,6)32-18/h2*11-12,17-18,23-24H,7-10H2,1-6H3/t2*17-,18-,23-,24-/m00/s1. The lowest BCUT2D eigenvalue weighted by molar-refractivity contribution is -0.639. The van der Waals surface area contributed by atoms with Crippen LogP contribution >= 0.6 is 0 Å². The molecule has 0 spiro atoms. The normalized spacial score (nSPS) is 30.4. The molecule has 16 heteroatoms. The molecule has 68 heavy (non-hydrogen) atoms. The van der Waals surface area contributed by atoms with E-state index in [-0.39, 0.29) is 24.4 Å². The van der Waals surface area contributed by atoms with Crippen molar-refractivity contribution in [3.63, 3.8) is 0 Å². The van der Waals surface area contributed by atoms with Crippen LogP contribution in [0.3, 0.4) is 0 Å². The third-order valence-corrected chi connectivity index (χ3v) is 15.1. The first kappa shape index (κ1) is 45.9. The highest BCUT2D eigenvalue weighted by molar-refractivity contribution is 5.60. The van der Waals surface area contributed by atoms with Crippen molar-refractivity contribution in [2.45, 2.75) is 206 Å². The molecular formula is C52H64N4O12. The minimum atomic E-state index is -0.753. The third kappa shape index (κ3) is 7.30. The summed E-state index contributed by atoms with van der Waals surface area (Å²) in [5.74, 6) is -3.01. The molecule has 0 unspecified atom stereocenters. The molecule has 8 atom stereocenters. The highest BCUT2D eigenvalue weighted by Gasteiger charge is 2.54. The maximum absolute atomic E-state index is 14.0. The Bertz CT molecular complexity index is 2410. The van der Waals surface area contributed by atoms with Crippen LogP contribution in [0.5, 0.6) is 0 Å². The van der Waals surface area contributed by atoms with E-state index >= 15 is 0 Å². The van der Waals surface area contributed by atoms with E-state index in [2.05, 4.69) is 0 Å². The summed E-state index contributed by atoms with van der Waals surface area (Å²) < 4.78 is 52.5. The maximum atomic E-state index is 14.0. The van der Waals surface area contributed by atoms with E-state index in [1.54, 1.807) is 0 Å². The van der Waals surface area contributed by atoms with Crippen molar-refractivity contribution in [1.82, 2.24) is 0 Å². The average molecular weight is 937 g/mol. The molecule has 0 aromatic carbocycles. The number of hydrogen-bond acceptors (Lipinski definition) is 12. The van der Waals surface area contributed by atoms with E-state index in [1.807, 2.05) is 107 Å². The molecule has 8 aliphatic rings. The SMILES string of the molecule is Cc1cc2c([n+]([O-])c1-c1c(C)cc3c([n+]1[O-])[C@H]1OC(C)(C)O[C@H]1CC3)[C@H]1OC(C)(C)O[C@H]1CC2.Cc1cc2c([n+]([O-])c1-c1c(C)cc3c([n+]1[O-])[C@H]1OC(C)(C)O[C@H]1CC3)[C@H]1OC(C)(C)O[C@H]1CC2.